The van der Waals surface area contributed by atoms with Crippen LogP contribution >= 0.6 is 11.6 Å². The molecule has 0 saturated carbocycles. The molecule has 3 aliphatic rings. The minimum atomic E-state index is -0.265. The number of rotatable bonds is 10. The fourth-order valence-electron chi connectivity index (χ4n) is 7.33. The van der Waals surface area contributed by atoms with E-state index in [-0.39, 0.29) is 5.97 Å². The van der Waals surface area contributed by atoms with E-state index in [0.717, 1.165) is 87.4 Å². The molecule has 0 N–H and O–H groups in total. The molecule has 2 fully saturated rings. The molecule has 1 spiro atoms. The first kappa shape index (κ1) is 31.5. The molecule has 2 aliphatic heterocycles. The number of carbonyl (C=O) groups is 1. The van der Waals surface area contributed by atoms with Crippen molar-refractivity contribution in [2.45, 2.75) is 32.7 Å². The molecule has 2 heterocycles. The first-order valence-electron chi connectivity index (χ1n) is 16.0. The summed E-state index contributed by atoms with van der Waals surface area (Å²) in [7, 11) is 3.42. The van der Waals surface area contributed by atoms with Gasteiger partial charge in [-0.2, -0.15) is 0 Å². The Kier molecular flexibility index (Phi) is 9.69. The fraction of sp³-hybridized carbons (Fsp3) is 0.432. The summed E-state index contributed by atoms with van der Waals surface area (Å²) >= 11 is 6.27. The van der Waals surface area contributed by atoms with Gasteiger partial charge in [0.15, 0.2) is 0 Å². The number of ether oxygens (including phenoxy) is 3. The quantitative estimate of drug-likeness (QED) is 0.229. The van der Waals surface area contributed by atoms with Crippen molar-refractivity contribution in [3.8, 4) is 11.5 Å². The summed E-state index contributed by atoms with van der Waals surface area (Å²) in [6.45, 7) is 10.3. The van der Waals surface area contributed by atoms with Crippen LogP contribution in [0.25, 0.3) is 5.57 Å². The van der Waals surface area contributed by atoms with Gasteiger partial charge in [0.25, 0.3) is 0 Å². The van der Waals surface area contributed by atoms with Crippen LogP contribution in [0.5, 0.6) is 11.5 Å². The molecular formula is C37H44ClN3O4. The number of carbonyl (C=O) groups excluding carboxylic acids is 1. The van der Waals surface area contributed by atoms with E-state index in [1.165, 1.54) is 23.1 Å². The molecule has 0 bridgehead atoms. The van der Waals surface area contributed by atoms with Gasteiger partial charge in [-0.05, 0) is 85.2 Å². The molecule has 0 atom stereocenters. The van der Waals surface area contributed by atoms with Crippen molar-refractivity contribution in [2.24, 2.45) is 5.41 Å². The molecule has 0 radical (unpaired) electrons. The van der Waals surface area contributed by atoms with Crippen LogP contribution in [0.4, 0.5) is 5.69 Å². The molecule has 8 heteroatoms. The van der Waals surface area contributed by atoms with Gasteiger partial charge in [0, 0.05) is 74.7 Å². The van der Waals surface area contributed by atoms with Gasteiger partial charge in [-0.25, -0.2) is 4.79 Å². The Labute approximate surface area is 272 Å². The predicted octanol–water partition coefficient (Wildman–Crippen LogP) is 6.80. The lowest BCUT2D eigenvalue weighted by atomic mass is 9.65. The average molecular weight is 630 g/mol. The molecule has 7 nitrogen and oxygen atoms in total. The largest absolute Gasteiger partial charge is 0.497 e. The summed E-state index contributed by atoms with van der Waals surface area (Å²) in [4.78, 5) is 19.7. The highest BCUT2D eigenvalue weighted by Crippen LogP contribution is 2.49. The van der Waals surface area contributed by atoms with Crippen molar-refractivity contribution in [3.63, 3.8) is 0 Å². The number of benzene rings is 3. The number of hydrogen-bond acceptors (Lipinski definition) is 7. The zero-order chi connectivity index (χ0) is 31.4. The predicted molar refractivity (Wildman–Crippen MR) is 181 cm³/mol. The summed E-state index contributed by atoms with van der Waals surface area (Å²) in [6.07, 6.45) is 3.44. The maximum absolute atomic E-state index is 12.1. The number of halogens is 1. The molecule has 1 aliphatic carbocycles. The van der Waals surface area contributed by atoms with Crippen molar-refractivity contribution in [2.75, 3.05) is 71.5 Å². The third kappa shape index (κ3) is 7.16. The SMILES string of the molecule is CCOC(=O)c1ccc(N2CCN(CC3=C(c4ccc(Cl)cc4)CCC4(C3)CN(Cc3ccc(OC)cc3OC)C4)CC2)cc1. The lowest BCUT2D eigenvalue weighted by Crippen LogP contribution is -2.57. The molecular weight excluding hydrogens is 586 g/mol. The van der Waals surface area contributed by atoms with E-state index in [1.807, 2.05) is 55.5 Å². The molecule has 3 aromatic carbocycles. The first-order valence-corrected chi connectivity index (χ1v) is 16.4. The summed E-state index contributed by atoms with van der Waals surface area (Å²) in [5.74, 6) is 1.44. The van der Waals surface area contributed by atoms with E-state index in [0.29, 0.717) is 17.6 Å². The van der Waals surface area contributed by atoms with E-state index >= 15 is 0 Å². The number of hydrogen-bond donors (Lipinski definition) is 0. The van der Waals surface area contributed by atoms with Crippen molar-refractivity contribution in [1.82, 2.24) is 9.80 Å². The smallest absolute Gasteiger partial charge is 0.338 e. The molecule has 0 unspecified atom stereocenters. The zero-order valence-electron chi connectivity index (χ0n) is 26.7. The zero-order valence-corrected chi connectivity index (χ0v) is 27.4. The van der Waals surface area contributed by atoms with Gasteiger partial charge in [-0.3, -0.25) is 9.80 Å². The van der Waals surface area contributed by atoms with Crippen LogP contribution in [-0.4, -0.2) is 82.4 Å². The second kappa shape index (κ2) is 13.9. The van der Waals surface area contributed by atoms with E-state index in [4.69, 9.17) is 25.8 Å². The van der Waals surface area contributed by atoms with Gasteiger partial charge >= 0.3 is 5.97 Å². The van der Waals surface area contributed by atoms with Gasteiger partial charge < -0.3 is 19.1 Å². The number of likely N-dealkylation sites (tertiary alicyclic amines) is 1. The summed E-state index contributed by atoms with van der Waals surface area (Å²) in [5.41, 5.74) is 7.68. The van der Waals surface area contributed by atoms with Gasteiger partial charge in [0.1, 0.15) is 11.5 Å². The minimum Gasteiger partial charge on any atom is -0.497 e. The standard InChI is InChI=1S/C37H44ClN3O4/c1-4-45-36(42)28-7-12-32(13-8-28)41-19-17-39(18-20-41)24-30-22-37(16-15-34(30)27-5-10-31(38)11-6-27)25-40(26-37)23-29-9-14-33(43-2)21-35(29)44-3/h5-14,21H,4,15-20,22-26H2,1-3H3. The Hall–Kier alpha value is -3.52. The monoisotopic (exact) mass is 629 g/mol. The molecule has 3 aromatic rings. The highest BCUT2D eigenvalue weighted by molar-refractivity contribution is 6.30. The Bertz CT molecular complexity index is 1510. The Morgan fingerprint density at radius 1 is 0.867 bits per heavy atom. The van der Waals surface area contributed by atoms with Crippen molar-refractivity contribution in [1.29, 1.82) is 0 Å². The van der Waals surface area contributed by atoms with E-state index in [2.05, 4.69) is 32.9 Å². The molecule has 45 heavy (non-hydrogen) atoms. The van der Waals surface area contributed by atoms with Crippen LogP contribution in [0, 0.1) is 5.41 Å². The topological polar surface area (TPSA) is 54.5 Å². The highest BCUT2D eigenvalue weighted by Gasteiger charge is 2.45. The maximum Gasteiger partial charge on any atom is 0.338 e. The van der Waals surface area contributed by atoms with Crippen molar-refractivity contribution < 1.29 is 19.0 Å². The third-order valence-electron chi connectivity index (χ3n) is 9.65. The summed E-state index contributed by atoms with van der Waals surface area (Å²) < 4.78 is 16.2. The Morgan fingerprint density at radius 3 is 2.27 bits per heavy atom. The van der Waals surface area contributed by atoms with Crippen molar-refractivity contribution in [3.05, 3.63) is 94.0 Å². The number of methoxy groups -OCH3 is 2. The maximum atomic E-state index is 12.1. The third-order valence-corrected chi connectivity index (χ3v) is 9.90. The molecule has 0 aromatic heterocycles. The van der Waals surface area contributed by atoms with Gasteiger partial charge in [0.2, 0.25) is 0 Å². The minimum absolute atomic E-state index is 0.265. The van der Waals surface area contributed by atoms with Crippen LogP contribution < -0.4 is 14.4 Å². The van der Waals surface area contributed by atoms with E-state index < -0.39 is 0 Å². The molecule has 0 amide bonds. The van der Waals surface area contributed by atoms with Gasteiger partial charge in [-0.1, -0.05) is 35.4 Å². The number of esters is 1. The van der Waals surface area contributed by atoms with Crippen LogP contribution in [0.2, 0.25) is 5.02 Å². The molecule has 6 rings (SSSR count). The number of nitrogens with zero attached hydrogens (tertiary/aromatic N) is 3. The van der Waals surface area contributed by atoms with Gasteiger partial charge in [0.05, 0.1) is 26.4 Å². The first-order chi connectivity index (χ1) is 21.9. The van der Waals surface area contributed by atoms with Crippen LogP contribution in [-0.2, 0) is 11.3 Å². The van der Waals surface area contributed by atoms with E-state index in [9.17, 15) is 4.79 Å². The average Bonchev–Trinajstić information content (AvgIpc) is 3.05. The normalized spacial score (nSPS) is 18.5. The van der Waals surface area contributed by atoms with Crippen molar-refractivity contribution >= 4 is 28.8 Å². The second-order valence-electron chi connectivity index (χ2n) is 12.6. The summed E-state index contributed by atoms with van der Waals surface area (Å²) in [6, 6.07) is 22.4. The fourth-order valence-corrected chi connectivity index (χ4v) is 7.46. The molecule has 2 saturated heterocycles. The highest BCUT2D eigenvalue weighted by atomic mass is 35.5. The lowest BCUT2D eigenvalue weighted by molar-refractivity contribution is -0.0157. The second-order valence-corrected chi connectivity index (χ2v) is 13.1. The lowest BCUT2D eigenvalue weighted by Gasteiger charge is -2.54. The Morgan fingerprint density at radius 2 is 1.60 bits per heavy atom. The number of allylic oxidation sites excluding steroid dienone is 1. The van der Waals surface area contributed by atoms with Crippen LogP contribution in [0.1, 0.15) is 47.7 Å². The summed E-state index contributed by atoms with van der Waals surface area (Å²) in [5, 5.41) is 0.781. The van der Waals surface area contributed by atoms with Crippen LogP contribution in [0.3, 0.4) is 0 Å². The van der Waals surface area contributed by atoms with Crippen LogP contribution in [0.15, 0.2) is 72.3 Å². The van der Waals surface area contributed by atoms with Gasteiger partial charge in [-0.15, -0.1) is 0 Å². The molecule has 238 valence electrons. The number of anilines is 1. The van der Waals surface area contributed by atoms with E-state index in [1.54, 1.807) is 19.8 Å². The number of piperazine rings is 1. The Balaban J connectivity index is 1.11.